The van der Waals surface area contributed by atoms with Gasteiger partial charge in [0.15, 0.2) is 5.82 Å². The Kier molecular flexibility index (Phi) is 7.42. The Bertz CT molecular complexity index is 1470. The molecule has 2 atom stereocenters. The van der Waals surface area contributed by atoms with Crippen molar-refractivity contribution in [3.05, 3.63) is 88.2 Å². The van der Waals surface area contributed by atoms with Crippen molar-refractivity contribution in [3.8, 4) is 5.75 Å². The maximum atomic E-state index is 15.7. The summed E-state index contributed by atoms with van der Waals surface area (Å²) in [4.78, 5) is 14.3. The molecule has 2 heterocycles. The molecule has 1 N–H and O–H groups in total. The van der Waals surface area contributed by atoms with Gasteiger partial charge >= 0.3 is 5.97 Å². The van der Waals surface area contributed by atoms with Gasteiger partial charge < -0.3 is 9.84 Å². The molecule has 8 heteroatoms. The molecule has 38 heavy (non-hydrogen) atoms. The van der Waals surface area contributed by atoms with Crippen LogP contribution in [0.5, 0.6) is 5.75 Å². The number of hydrogen-bond donors (Lipinski definition) is 1. The topological polar surface area (TPSA) is 80.5 Å². The number of hydrogen-bond acceptors (Lipinski definition) is 5. The molecule has 5 rings (SSSR count). The van der Waals surface area contributed by atoms with Crippen LogP contribution in [0.1, 0.15) is 60.4 Å². The van der Waals surface area contributed by atoms with Crippen molar-refractivity contribution in [1.82, 2.24) is 19.9 Å². The van der Waals surface area contributed by atoms with Crippen molar-refractivity contribution < 1.29 is 19.0 Å². The molecule has 0 bridgehead atoms. The number of nitrogens with zero attached hydrogens (tertiary/aromatic N) is 4. The highest BCUT2D eigenvalue weighted by Gasteiger charge is 2.26. The van der Waals surface area contributed by atoms with E-state index in [4.69, 9.17) is 4.74 Å². The predicted octanol–water partition coefficient (Wildman–Crippen LogP) is 5.68. The number of carbonyl (C=O) groups is 1. The Morgan fingerprint density at radius 3 is 2.76 bits per heavy atom. The molecule has 0 radical (unpaired) electrons. The normalized spacial score (nSPS) is 16.6. The minimum absolute atomic E-state index is 0.0826. The Morgan fingerprint density at radius 1 is 1.18 bits per heavy atom. The molecule has 0 fully saturated rings. The molecule has 1 aliphatic rings. The second-order valence-electron chi connectivity index (χ2n) is 10.0. The van der Waals surface area contributed by atoms with Crippen molar-refractivity contribution in [2.75, 3.05) is 6.54 Å². The summed E-state index contributed by atoms with van der Waals surface area (Å²) in [5.41, 5.74) is 5.20. The first-order valence-electron chi connectivity index (χ1n) is 13.2. The standard InChI is InChI=1S/C30H33FN4O3/c1-4-23-18-34(16-21-8-6-7-9-27(21)38-23)17-22-14-20(11-10-19(22)3)25(15-28(36)37)24-12-13-26-30(29(24)31)32-33-35(26)5-2/h6-14,23,25H,4-5,15-18H2,1-3H3,(H,36,37)/t23-,25?/m1/s1. The summed E-state index contributed by atoms with van der Waals surface area (Å²) in [5, 5.41) is 17.8. The average molecular weight is 517 g/mol. The molecule has 0 saturated carbocycles. The van der Waals surface area contributed by atoms with Gasteiger partial charge in [-0.2, -0.15) is 0 Å². The minimum Gasteiger partial charge on any atom is -0.489 e. The number of fused-ring (bicyclic) bond motifs is 2. The van der Waals surface area contributed by atoms with Gasteiger partial charge in [0.1, 0.15) is 17.4 Å². The zero-order chi connectivity index (χ0) is 26.8. The highest BCUT2D eigenvalue weighted by molar-refractivity contribution is 5.77. The van der Waals surface area contributed by atoms with Crippen LogP contribution in [-0.4, -0.2) is 43.6 Å². The number of halogens is 1. The number of aromatic nitrogens is 3. The molecule has 1 aromatic heterocycles. The number of aliphatic carboxylic acids is 1. The van der Waals surface area contributed by atoms with Gasteiger partial charge in [0.2, 0.25) is 0 Å². The smallest absolute Gasteiger partial charge is 0.304 e. The quantitative estimate of drug-likeness (QED) is 0.325. The van der Waals surface area contributed by atoms with E-state index in [9.17, 15) is 9.90 Å². The molecular weight excluding hydrogens is 483 g/mol. The molecule has 1 unspecified atom stereocenters. The maximum Gasteiger partial charge on any atom is 0.304 e. The number of carboxylic acids is 1. The lowest BCUT2D eigenvalue weighted by Gasteiger charge is -2.25. The molecule has 4 aromatic rings. The van der Waals surface area contributed by atoms with Crippen molar-refractivity contribution in [2.45, 2.75) is 65.3 Å². The van der Waals surface area contributed by atoms with Crippen LogP contribution in [0.2, 0.25) is 0 Å². The summed E-state index contributed by atoms with van der Waals surface area (Å²) in [7, 11) is 0. The van der Waals surface area contributed by atoms with Crippen LogP contribution in [0.3, 0.4) is 0 Å². The van der Waals surface area contributed by atoms with E-state index in [1.807, 2.05) is 43.3 Å². The Morgan fingerprint density at radius 2 is 2.00 bits per heavy atom. The second kappa shape index (κ2) is 10.9. The zero-order valence-corrected chi connectivity index (χ0v) is 22.0. The lowest BCUT2D eigenvalue weighted by Crippen LogP contribution is -2.32. The van der Waals surface area contributed by atoms with Crippen LogP contribution in [-0.2, 0) is 24.4 Å². The first-order valence-corrected chi connectivity index (χ1v) is 13.2. The Labute approximate surface area is 221 Å². The molecule has 1 aliphatic heterocycles. The van der Waals surface area contributed by atoms with E-state index in [-0.39, 0.29) is 18.0 Å². The Balaban J connectivity index is 1.50. The maximum absolute atomic E-state index is 15.7. The van der Waals surface area contributed by atoms with E-state index < -0.39 is 17.7 Å². The number of para-hydroxylation sites is 1. The van der Waals surface area contributed by atoms with Crippen LogP contribution in [0.25, 0.3) is 11.0 Å². The van der Waals surface area contributed by atoms with Gasteiger partial charge in [-0.05, 0) is 54.7 Å². The van der Waals surface area contributed by atoms with Crippen LogP contribution < -0.4 is 4.74 Å². The van der Waals surface area contributed by atoms with Crippen molar-refractivity contribution in [3.63, 3.8) is 0 Å². The number of ether oxygens (including phenoxy) is 1. The van der Waals surface area contributed by atoms with Crippen molar-refractivity contribution in [1.29, 1.82) is 0 Å². The number of carboxylic acid groups (broad SMARTS) is 1. The first-order chi connectivity index (χ1) is 18.4. The third-order valence-electron chi connectivity index (χ3n) is 7.46. The zero-order valence-electron chi connectivity index (χ0n) is 22.0. The fourth-order valence-corrected chi connectivity index (χ4v) is 5.32. The third-order valence-corrected chi connectivity index (χ3v) is 7.46. The molecule has 0 amide bonds. The summed E-state index contributed by atoms with van der Waals surface area (Å²) in [5.74, 6) is -1.22. The number of rotatable bonds is 8. The van der Waals surface area contributed by atoms with Gasteiger partial charge in [-0.25, -0.2) is 9.07 Å². The number of benzene rings is 3. The summed E-state index contributed by atoms with van der Waals surface area (Å²) in [6.45, 7) is 8.89. The monoisotopic (exact) mass is 516 g/mol. The van der Waals surface area contributed by atoms with Gasteiger partial charge in [-0.15, -0.1) is 5.10 Å². The van der Waals surface area contributed by atoms with Gasteiger partial charge in [0.05, 0.1) is 11.9 Å². The third kappa shape index (κ3) is 5.13. The fraction of sp³-hybridized carbons (Fsp3) is 0.367. The average Bonchev–Trinajstić information content (AvgIpc) is 3.24. The van der Waals surface area contributed by atoms with Crippen LogP contribution in [0.4, 0.5) is 4.39 Å². The van der Waals surface area contributed by atoms with E-state index >= 15 is 4.39 Å². The predicted molar refractivity (Wildman–Crippen MR) is 144 cm³/mol. The van der Waals surface area contributed by atoms with E-state index in [0.717, 1.165) is 47.5 Å². The van der Waals surface area contributed by atoms with Gasteiger partial charge in [0, 0.05) is 37.7 Å². The van der Waals surface area contributed by atoms with E-state index in [1.165, 1.54) is 0 Å². The fourth-order valence-electron chi connectivity index (χ4n) is 5.32. The first kappa shape index (κ1) is 25.9. The van der Waals surface area contributed by atoms with Crippen molar-refractivity contribution >= 4 is 17.0 Å². The lowest BCUT2D eigenvalue weighted by molar-refractivity contribution is -0.137. The van der Waals surface area contributed by atoms with Crippen molar-refractivity contribution in [2.24, 2.45) is 0 Å². The highest BCUT2D eigenvalue weighted by atomic mass is 19.1. The summed E-state index contributed by atoms with van der Waals surface area (Å²) in [6.07, 6.45) is 0.754. The van der Waals surface area contributed by atoms with Gasteiger partial charge in [-0.1, -0.05) is 54.6 Å². The molecule has 3 aromatic carbocycles. The minimum atomic E-state index is -0.985. The second-order valence-corrected chi connectivity index (χ2v) is 10.0. The molecule has 0 saturated heterocycles. The summed E-state index contributed by atoms with van der Waals surface area (Å²) < 4.78 is 23.6. The Hall–Kier alpha value is -3.78. The molecular formula is C30H33FN4O3. The lowest BCUT2D eigenvalue weighted by atomic mass is 9.86. The summed E-state index contributed by atoms with van der Waals surface area (Å²) in [6, 6.07) is 17.5. The molecule has 0 aliphatic carbocycles. The van der Waals surface area contributed by atoms with E-state index in [1.54, 1.807) is 16.8 Å². The SMILES string of the molecule is CC[C@@H]1CN(Cc2cc(C(CC(=O)O)c3ccc4c(nnn4CC)c3F)ccc2C)Cc2ccccc2O1. The molecule has 0 spiro atoms. The highest BCUT2D eigenvalue weighted by Crippen LogP contribution is 2.34. The number of aryl methyl sites for hydroxylation is 2. The van der Waals surface area contributed by atoms with E-state index in [2.05, 4.69) is 35.1 Å². The van der Waals surface area contributed by atoms with Gasteiger partial charge in [-0.3, -0.25) is 9.69 Å². The molecule has 7 nitrogen and oxygen atoms in total. The largest absolute Gasteiger partial charge is 0.489 e. The van der Waals surface area contributed by atoms with Crippen LogP contribution >= 0.6 is 0 Å². The van der Waals surface area contributed by atoms with Gasteiger partial charge in [0.25, 0.3) is 0 Å². The summed E-state index contributed by atoms with van der Waals surface area (Å²) >= 11 is 0. The van der Waals surface area contributed by atoms with Crippen LogP contribution in [0, 0.1) is 12.7 Å². The van der Waals surface area contributed by atoms with E-state index in [0.29, 0.717) is 24.2 Å². The van der Waals surface area contributed by atoms with Crippen LogP contribution in [0.15, 0.2) is 54.6 Å². The molecule has 198 valence electrons.